The lowest BCUT2D eigenvalue weighted by Crippen LogP contribution is -2.15. The van der Waals surface area contributed by atoms with E-state index in [2.05, 4.69) is 10.2 Å². The molecule has 108 valence electrons. The van der Waals surface area contributed by atoms with E-state index in [0.29, 0.717) is 10.9 Å². The molecule has 0 aliphatic heterocycles. The summed E-state index contributed by atoms with van der Waals surface area (Å²) in [6.45, 7) is 0. The topological polar surface area (TPSA) is 56.2 Å². The molecule has 0 aliphatic rings. The Balaban J connectivity index is 1.75. The molecule has 2 N–H and O–H groups in total. The average molecular weight is 306 g/mol. The average Bonchev–Trinajstić information content (AvgIpc) is 2.88. The Morgan fingerprint density at radius 3 is 2.86 bits per heavy atom. The summed E-state index contributed by atoms with van der Waals surface area (Å²) in [4.78, 5) is 0. The predicted octanol–water partition coefficient (Wildman–Crippen LogP) is 2.80. The van der Waals surface area contributed by atoms with E-state index >= 15 is 0 Å². The number of thioether (sulfide) groups is 1. The normalized spacial score (nSPS) is 12.7. The largest absolute Gasteiger partial charge is 0.323 e. The zero-order valence-corrected chi connectivity index (χ0v) is 11.7. The third-order valence-electron chi connectivity index (χ3n) is 3.04. The van der Waals surface area contributed by atoms with Crippen LogP contribution in [0.3, 0.4) is 0 Å². The van der Waals surface area contributed by atoms with Gasteiger partial charge in [0.25, 0.3) is 0 Å². The first-order valence-corrected chi connectivity index (χ1v) is 7.27. The molecule has 1 unspecified atom stereocenters. The molecule has 1 atom stereocenters. The van der Waals surface area contributed by atoms with E-state index in [1.54, 1.807) is 0 Å². The number of rotatable bonds is 4. The lowest BCUT2D eigenvalue weighted by molar-refractivity contribution is 0.563. The van der Waals surface area contributed by atoms with Crippen molar-refractivity contribution in [3.05, 3.63) is 59.8 Å². The first kappa shape index (κ1) is 14.0. The predicted molar refractivity (Wildman–Crippen MR) is 77.0 cm³/mol. The molecule has 1 aromatic carbocycles. The van der Waals surface area contributed by atoms with Crippen molar-refractivity contribution in [3.8, 4) is 0 Å². The van der Waals surface area contributed by atoms with Gasteiger partial charge in [0.2, 0.25) is 0 Å². The minimum Gasteiger partial charge on any atom is -0.323 e. The number of halogens is 2. The van der Waals surface area contributed by atoms with Crippen molar-refractivity contribution < 1.29 is 8.78 Å². The van der Waals surface area contributed by atoms with Crippen LogP contribution < -0.4 is 5.73 Å². The van der Waals surface area contributed by atoms with Crippen LogP contribution in [0, 0.1) is 11.6 Å². The van der Waals surface area contributed by atoms with Crippen LogP contribution in [0.15, 0.2) is 47.8 Å². The third-order valence-corrected chi connectivity index (χ3v) is 4.10. The number of aromatic nitrogens is 3. The maximum Gasteiger partial charge on any atom is 0.195 e. The fraction of sp³-hybridized carbons (Fsp3) is 0.143. The molecule has 3 aromatic rings. The maximum absolute atomic E-state index is 13.7. The Morgan fingerprint density at radius 2 is 2.05 bits per heavy atom. The Hall–Kier alpha value is -1.99. The number of hydrogen-bond donors (Lipinski definition) is 1. The van der Waals surface area contributed by atoms with E-state index in [0.717, 1.165) is 11.7 Å². The fourth-order valence-corrected chi connectivity index (χ4v) is 2.87. The highest BCUT2D eigenvalue weighted by molar-refractivity contribution is 7.99. The van der Waals surface area contributed by atoms with Gasteiger partial charge in [-0.1, -0.05) is 23.9 Å². The van der Waals surface area contributed by atoms with Crippen LogP contribution in [0.25, 0.3) is 5.65 Å². The van der Waals surface area contributed by atoms with Crippen molar-refractivity contribution in [1.29, 1.82) is 0 Å². The molecule has 0 spiro atoms. The van der Waals surface area contributed by atoms with Gasteiger partial charge in [-0.05, 0) is 18.2 Å². The molecule has 0 saturated heterocycles. The fourth-order valence-electron chi connectivity index (χ4n) is 1.97. The van der Waals surface area contributed by atoms with Gasteiger partial charge in [0.05, 0.1) is 0 Å². The van der Waals surface area contributed by atoms with Gasteiger partial charge < -0.3 is 5.73 Å². The highest BCUT2D eigenvalue weighted by Crippen LogP contribution is 2.24. The van der Waals surface area contributed by atoms with Crippen LogP contribution >= 0.6 is 11.8 Å². The summed E-state index contributed by atoms with van der Waals surface area (Å²) in [5.74, 6) is -0.827. The monoisotopic (exact) mass is 306 g/mol. The molecule has 4 nitrogen and oxygen atoms in total. The summed E-state index contributed by atoms with van der Waals surface area (Å²) in [6.07, 6.45) is 1.85. The van der Waals surface area contributed by atoms with Crippen LogP contribution in [0.2, 0.25) is 0 Å². The van der Waals surface area contributed by atoms with Crippen LogP contribution in [-0.2, 0) is 0 Å². The molecular formula is C14H12F2N4S. The standard InChI is InChI=1S/C14H12F2N4S/c15-9-4-5-10(11(16)7-9)12(17)8-21-14-19-18-13-3-1-2-6-20(13)14/h1-7,12H,8,17H2. The second-order valence-electron chi connectivity index (χ2n) is 4.49. The summed E-state index contributed by atoms with van der Waals surface area (Å²) in [5.41, 5.74) is 6.99. The number of pyridine rings is 1. The van der Waals surface area contributed by atoms with E-state index in [-0.39, 0.29) is 5.56 Å². The molecule has 7 heteroatoms. The lowest BCUT2D eigenvalue weighted by Gasteiger charge is -2.12. The Bertz CT molecular complexity index is 775. The Morgan fingerprint density at radius 1 is 1.19 bits per heavy atom. The number of benzene rings is 1. The Labute approximate surface area is 124 Å². The van der Waals surface area contributed by atoms with Gasteiger partial charge in [0.1, 0.15) is 11.6 Å². The summed E-state index contributed by atoms with van der Waals surface area (Å²) < 4.78 is 28.4. The number of nitrogens with zero attached hydrogens (tertiary/aromatic N) is 3. The van der Waals surface area contributed by atoms with Gasteiger partial charge in [-0.25, -0.2) is 8.78 Å². The third kappa shape index (κ3) is 2.88. The molecule has 0 saturated carbocycles. The van der Waals surface area contributed by atoms with Crippen LogP contribution in [0.4, 0.5) is 8.78 Å². The molecule has 0 fully saturated rings. The zero-order chi connectivity index (χ0) is 14.8. The van der Waals surface area contributed by atoms with Gasteiger partial charge in [0, 0.05) is 29.6 Å². The maximum atomic E-state index is 13.7. The van der Waals surface area contributed by atoms with Crippen molar-refractivity contribution in [1.82, 2.24) is 14.6 Å². The molecule has 0 aliphatic carbocycles. The van der Waals surface area contributed by atoms with Crippen LogP contribution in [0.1, 0.15) is 11.6 Å². The molecule has 3 rings (SSSR count). The molecule has 0 amide bonds. The molecule has 2 aromatic heterocycles. The Kier molecular flexibility index (Phi) is 3.85. The number of nitrogens with two attached hydrogens (primary N) is 1. The van der Waals surface area contributed by atoms with Crippen molar-refractivity contribution in [2.45, 2.75) is 11.2 Å². The van der Waals surface area contributed by atoms with Crippen molar-refractivity contribution in [3.63, 3.8) is 0 Å². The van der Waals surface area contributed by atoms with E-state index < -0.39 is 17.7 Å². The highest BCUT2D eigenvalue weighted by Gasteiger charge is 2.14. The number of fused-ring (bicyclic) bond motifs is 1. The van der Waals surface area contributed by atoms with E-state index in [9.17, 15) is 8.78 Å². The van der Waals surface area contributed by atoms with E-state index in [1.807, 2.05) is 28.8 Å². The minimum atomic E-state index is -0.630. The minimum absolute atomic E-state index is 0.290. The SMILES string of the molecule is NC(CSc1nnc2ccccn12)c1ccc(F)cc1F. The van der Waals surface area contributed by atoms with Crippen molar-refractivity contribution in [2.24, 2.45) is 5.73 Å². The summed E-state index contributed by atoms with van der Waals surface area (Å²) in [5, 5.41) is 8.77. The first-order valence-electron chi connectivity index (χ1n) is 6.28. The second kappa shape index (κ2) is 5.79. The van der Waals surface area contributed by atoms with Crippen LogP contribution in [0.5, 0.6) is 0 Å². The summed E-state index contributed by atoms with van der Waals surface area (Å²) in [6, 6.07) is 8.46. The van der Waals surface area contributed by atoms with Crippen molar-refractivity contribution in [2.75, 3.05) is 5.75 Å². The summed E-state index contributed by atoms with van der Waals surface area (Å²) in [7, 11) is 0. The van der Waals surface area contributed by atoms with Gasteiger partial charge in [-0.2, -0.15) is 0 Å². The molecule has 21 heavy (non-hydrogen) atoms. The zero-order valence-electron chi connectivity index (χ0n) is 10.9. The van der Waals surface area contributed by atoms with Gasteiger partial charge in [-0.3, -0.25) is 4.40 Å². The summed E-state index contributed by atoms with van der Waals surface area (Å²) >= 11 is 1.38. The lowest BCUT2D eigenvalue weighted by atomic mass is 10.1. The molecule has 2 heterocycles. The van der Waals surface area contributed by atoms with Crippen molar-refractivity contribution >= 4 is 17.4 Å². The highest BCUT2D eigenvalue weighted by atomic mass is 32.2. The number of hydrogen-bond acceptors (Lipinski definition) is 4. The second-order valence-corrected chi connectivity index (χ2v) is 5.48. The van der Waals surface area contributed by atoms with Gasteiger partial charge in [0.15, 0.2) is 10.8 Å². The van der Waals surface area contributed by atoms with Gasteiger partial charge >= 0.3 is 0 Å². The van der Waals surface area contributed by atoms with E-state index in [1.165, 1.54) is 23.9 Å². The molecule has 0 radical (unpaired) electrons. The van der Waals surface area contributed by atoms with Crippen LogP contribution in [-0.4, -0.2) is 20.4 Å². The quantitative estimate of drug-likeness (QED) is 0.753. The van der Waals surface area contributed by atoms with E-state index in [4.69, 9.17) is 5.73 Å². The molecule has 0 bridgehead atoms. The smallest absolute Gasteiger partial charge is 0.195 e. The molecular weight excluding hydrogens is 294 g/mol. The van der Waals surface area contributed by atoms with Gasteiger partial charge in [-0.15, -0.1) is 10.2 Å². The first-order chi connectivity index (χ1) is 10.1.